The van der Waals surface area contributed by atoms with Crippen LogP contribution in [0.1, 0.15) is 58.3 Å². The molecule has 0 aliphatic rings. The van der Waals surface area contributed by atoms with Crippen LogP contribution in [0.2, 0.25) is 0 Å². The van der Waals surface area contributed by atoms with E-state index in [1.807, 2.05) is 0 Å². The van der Waals surface area contributed by atoms with E-state index in [9.17, 15) is 39.9 Å². The lowest BCUT2D eigenvalue weighted by Crippen LogP contribution is -2.62. The maximum atomic E-state index is 13.7. The normalized spacial score (nSPS) is 13.4. The van der Waals surface area contributed by atoms with Crippen LogP contribution in [-0.2, 0) is 9.53 Å². The zero-order valence-corrected chi connectivity index (χ0v) is 16.1. The molecule has 0 fully saturated rings. The van der Waals surface area contributed by atoms with E-state index in [1.54, 1.807) is 6.92 Å². The third kappa shape index (κ3) is 7.11. The summed E-state index contributed by atoms with van der Waals surface area (Å²) in [7, 11) is 0. The van der Waals surface area contributed by atoms with Crippen molar-refractivity contribution in [1.82, 2.24) is 0 Å². The Morgan fingerprint density at radius 3 is 1.79 bits per heavy atom. The van der Waals surface area contributed by atoms with Crippen molar-refractivity contribution >= 4 is 5.97 Å². The Morgan fingerprint density at radius 1 is 0.862 bits per heavy atom. The van der Waals surface area contributed by atoms with Crippen molar-refractivity contribution in [3.8, 4) is 0 Å². The molecule has 11 heteroatoms. The number of hydrogen-bond acceptors (Lipinski definition) is 3. The van der Waals surface area contributed by atoms with E-state index in [4.69, 9.17) is 5.11 Å². The largest absolute Gasteiger partial charge is 0.462 e. The molecule has 0 saturated carbocycles. The lowest BCUT2D eigenvalue weighted by atomic mass is 9.93. The second-order valence-corrected chi connectivity index (χ2v) is 6.68. The highest BCUT2D eigenvalue weighted by Crippen LogP contribution is 2.55. The van der Waals surface area contributed by atoms with Crippen molar-refractivity contribution in [1.29, 1.82) is 0 Å². The number of aliphatic hydroxyl groups is 1. The molecule has 29 heavy (non-hydrogen) atoms. The van der Waals surface area contributed by atoms with E-state index < -0.39 is 61.9 Å². The molecule has 0 aromatic carbocycles. The fourth-order valence-corrected chi connectivity index (χ4v) is 2.33. The molecule has 3 nitrogen and oxygen atoms in total. The van der Waals surface area contributed by atoms with Gasteiger partial charge in [-0.3, -0.25) is 0 Å². The average Bonchev–Trinajstić information content (AvgIpc) is 2.62. The molecule has 0 unspecified atom stereocenters. The molecule has 0 amide bonds. The van der Waals surface area contributed by atoms with Crippen LogP contribution in [0.15, 0.2) is 12.2 Å². The Kier molecular flexibility index (Phi) is 10.6. The predicted molar refractivity (Wildman–Crippen MR) is 89.6 cm³/mol. The second-order valence-electron chi connectivity index (χ2n) is 6.68. The van der Waals surface area contributed by atoms with E-state index >= 15 is 0 Å². The summed E-state index contributed by atoms with van der Waals surface area (Å²) in [6, 6.07) is 0. The zero-order chi connectivity index (χ0) is 22.9. The van der Waals surface area contributed by atoms with Crippen molar-refractivity contribution < 1.29 is 49.8 Å². The van der Waals surface area contributed by atoms with Crippen molar-refractivity contribution in [2.75, 3.05) is 13.2 Å². The minimum absolute atomic E-state index is 0.0445. The molecule has 0 aliphatic heterocycles. The summed E-state index contributed by atoms with van der Waals surface area (Å²) in [6.07, 6.45) is -4.38. The number of esters is 1. The highest BCUT2D eigenvalue weighted by Gasteiger charge is 2.79. The van der Waals surface area contributed by atoms with Gasteiger partial charge in [0.25, 0.3) is 0 Å². The van der Waals surface area contributed by atoms with Gasteiger partial charge in [-0.15, -0.1) is 0 Å². The second kappa shape index (κ2) is 11.1. The number of ether oxygens (including phenoxy) is 1. The predicted octanol–water partition coefficient (Wildman–Crippen LogP) is 5.76. The lowest BCUT2D eigenvalue weighted by molar-refractivity contribution is -0.368. The molecule has 0 radical (unpaired) electrons. The van der Waals surface area contributed by atoms with Crippen LogP contribution in [-0.4, -0.2) is 48.0 Å². The quantitative estimate of drug-likeness (QED) is 0.152. The van der Waals surface area contributed by atoms with E-state index in [0.717, 1.165) is 0 Å². The number of alkyl halides is 8. The highest BCUT2D eigenvalue weighted by molar-refractivity contribution is 5.87. The van der Waals surface area contributed by atoms with Gasteiger partial charge < -0.3 is 9.84 Å². The van der Waals surface area contributed by atoms with Crippen LogP contribution in [0.4, 0.5) is 35.1 Å². The average molecular weight is 442 g/mol. The van der Waals surface area contributed by atoms with E-state index in [1.165, 1.54) is 0 Å². The molecule has 0 rings (SSSR count). The van der Waals surface area contributed by atoms with Gasteiger partial charge in [-0.05, 0) is 25.7 Å². The molecule has 0 saturated heterocycles. The van der Waals surface area contributed by atoms with Crippen molar-refractivity contribution in [2.45, 2.75) is 82.0 Å². The molecule has 172 valence electrons. The third-order valence-electron chi connectivity index (χ3n) is 4.20. The molecule has 0 heterocycles. The summed E-state index contributed by atoms with van der Waals surface area (Å²) >= 11 is 0. The molecule has 0 aromatic rings. The number of halogens is 8. The number of carbonyl (C=O) groups excluding carboxylic acids is 1. The Balaban J connectivity index is 4.90. The van der Waals surface area contributed by atoms with E-state index in [2.05, 4.69) is 11.3 Å². The minimum Gasteiger partial charge on any atom is -0.462 e. The number of rotatable bonds is 15. The molecular weight excluding hydrogens is 416 g/mol. The van der Waals surface area contributed by atoms with Crippen LogP contribution in [0.3, 0.4) is 0 Å². The molecule has 0 atom stereocenters. The number of carbonyl (C=O) groups is 1. The molecule has 0 aromatic heterocycles. The van der Waals surface area contributed by atoms with Gasteiger partial charge >= 0.3 is 29.7 Å². The van der Waals surface area contributed by atoms with Gasteiger partial charge in [-0.1, -0.05) is 26.3 Å². The summed E-state index contributed by atoms with van der Waals surface area (Å²) in [4.78, 5) is 11.4. The molecule has 0 bridgehead atoms. The van der Waals surface area contributed by atoms with Crippen LogP contribution in [0, 0.1) is 0 Å². The SMILES string of the molecule is C=C(CCCO)C(=O)OCCCC(F)(F)C(F)(F)C(F)(F)C(F)(F)CCCCC. The van der Waals surface area contributed by atoms with Gasteiger partial charge in [0, 0.05) is 25.0 Å². The summed E-state index contributed by atoms with van der Waals surface area (Å²) in [5, 5.41) is 8.60. The van der Waals surface area contributed by atoms with Crippen LogP contribution in [0.5, 0.6) is 0 Å². The van der Waals surface area contributed by atoms with Crippen LogP contribution < -0.4 is 0 Å². The first-order chi connectivity index (χ1) is 13.2. The smallest absolute Gasteiger partial charge is 0.378 e. The molecule has 0 spiro atoms. The zero-order valence-electron chi connectivity index (χ0n) is 16.1. The number of unbranched alkanes of at least 4 members (excludes halogenated alkanes) is 2. The van der Waals surface area contributed by atoms with E-state index in [-0.39, 0.29) is 31.4 Å². The number of aliphatic hydroxyl groups excluding tert-OH is 1. The first kappa shape index (κ1) is 27.6. The third-order valence-corrected chi connectivity index (χ3v) is 4.20. The van der Waals surface area contributed by atoms with Crippen molar-refractivity contribution in [3.05, 3.63) is 12.2 Å². The van der Waals surface area contributed by atoms with Gasteiger partial charge in [0.1, 0.15) is 0 Å². The standard InChI is InChI=1S/C18H26F8O3/c1-3-4-5-9-15(19,20)17(23,24)18(25,26)16(21,22)10-7-12-29-14(28)13(2)8-6-11-27/h27H,2-12H2,1H3. The van der Waals surface area contributed by atoms with Crippen molar-refractivity contribution in [3.63, 3.8) is 0 Å². The van der Waals surface area contributed by atoms with Gasteiger partial charge in [-0.2, -0.15) is 35.1 Å². The van der Waals surface area contributed by atoms with Crippen LogP contribution in [0.25, 0.3) is 0 Å². The van der Waals surface area contributed by atoms with Crippen molar-refractivity contribution in [2.24, 2.45) is 0 Å². The Bertz CT molecular complexity index is 535. The van der Waals surface area contributed by atoms with Crippen LogP contribution >= 0.6 is 0 Å². The Labute approximate surface area is 164 Å². The summed E-state index contributed by atoms with van der Waals surface area (Å²) in [5.41, 5.74) is -0.102. The Hall–Kier alpha value is -1.39. The highest BCUT2D eigenvalue weighted by atomic mass is 19.4. The fraction of sp³-hybridized carbons (Fsp3) is 0.833. The van der Waals surface area contributed by atoms with Gasteiger partial charge in [0.15, 0.2) is 0 Å². The molecule has 0 aliphatic carbocycles. The maximum absolute atomic E-state index is 13.7. The van der Waals surface area contributed by atoms with Gasteiger partial charge in [0.2, 0.25) is 0 Å². The maximum Gasteiger partial charge on any atom is 0.378 e. The Morgan fingerprint density at radius 2 is 1.34 bits per heavy atom. The fourth-order valence-electron chi connectivity index (χ4n) is 2.33. The first-order valence-electron chi connectivity index (χ1n) is 9.15. The summed E-state index contributed by atoms with van der Waals surface area (Å²) in [6.45, 7) is 3.81. The summed E-state index contributed by atoms with van der Waals surface area (Å²) in [5.74, 6) is -24.4. The number of hydrogen-bond donors (Lipinski definition) is 1. The topological polar surface area (TPSA) is 46.5 Å². The monoisotopic (exact) mass is 442 g/mol. The van der Waals surface area contributed by atoms with Gasteiger partial charge in [0.05, 0.1) is 6.61 Å². The molecule has 1 N–H and O–H groups in total. The first-order valence-corrected chi connectivity index (χ1v) is 9.15. The summed E-state index contributed by atoms with van der Waals surface area (Å²) < 4.78 is 114. The van der Waals surface area contributed by atoms with Gasteiger partial charge in [-0.25, -0.2) is 4.79 Å². The van der Waals surface area contributed by atoms with E-state index in [0.29, 0.717) is 6.42 Å². The molecular formula is C18H26F8O3. The lowest BCUT2D eigenvalue weighted by Gasteiger charge is -2.37. The minimum atomic E-state index is -6.30.